The number of carboxylic acid groups (broad SMARTS) is 1. The van der Waals surface area contributed by atoms with E-state index in [4.69, 9.17) is 0 Å². The van der Waals surface area contributed by atoms with E-state index in [0.717, 1.165) is 24.1 Å². The predicted molar refractivity (Wildman–Crippen MR) is 92.2 cm³/mol. The summed E-state index contributed by atoms with van der Waals surface area (Å²) >= 11 is 0. The van der Waals surface area contributed by atoms with Crippen molar-refractivity contribution in [1.29, 1.82) is 0 Å². The van der Waals surface area contributed by atoms with Crippen molar-refractivity contribution in [2.45, 2.75) is 19.8 Å². The number of hydrogen-bond donors (Lipinski definition) is 2. The molecule has 6 nitrogen and oxygen atoms in total. The number of hydrogen-bond acceptors (Lipinski definition) is 3. The summed E-state index contributed by atoms with van der Waals surface area (Å²) in [5.74, 6) is -2.31. The Morgan fingerprint density at radius 1 is 1.16 bits per heavy atom. The Bertz CT molecular complexity index is 801. The van der Waals surface area contributed by atoms with Crippen molar-refractivity contribution in [3.8, 4) is 0 Å². The Balaban J connectivity index is 1.53. The van der Waals surface area contributed by atoms with E-state index in [1.165, 1.54) is 0 Å². The first-order valence-corrected chi connectivity index (χ1v) is 8.58. The Morgan fingerprint density at radius 2 is 1.88 bits per heavy atom. The number of nitrogens with one attached hydrogen (secondary N) is 1. The van der Waals surface area contributed by atoms with E-state index in [-0.39, 0.29) is 23.7 Å². The van der Waals surface area contributed by atoms with Gasteiger partial charge in [-0.25, -0.2) is 0 Å². The van der Waals surface area contributed by atoms with Crippen LogP contribution in [0.3, 0.4) is 0 Å². The number of benzene rings is 1. The molecule has 1 heterocycles. The molecule has 0 radical (unpaired) electrons. The third-order valence-corrected chi connectivity index (χ3v) is 5.67. The number of carbonyl (C=O) groups excluding carboxylic acids is 2. The number of amides is 2. The third kappa shape index (κ3) is 2.52. The van der Waals surface area contributed by atoms with E-state index in [1.54, 1.807) is 17.9 Å². The van der Waals surface area contributed by atoms with Crippen LogP contribution in [0.4, 0.5) is 11.4 Å². The van der Waals surface area contributed by atoms with Crippen LogP contribution in [0.25, 0.3) is 0 Å². The monoisotopic (exact) mass is 340 g/mol. The smallest absolute Gasteiger partial charge is 0.307 e. The number of carbonyl (C=O) groups is 3. The highest BCUT2D eigenvalue weighted by molar-refractivity contribution is 5.98. The number of carboxylic acids is 1. The second-order valence-electron chi connectivity index (χ2n) is 7.09. The van der Waals surface area contributed by atoms with Crippen molar-refractivity contribution in [2.75, 3.05) is 16.8 Å². The van der Waals surface area contributed by atoms with Crippen LogP contribution in [-0.2, 0) is 20.8 Å². The summed E-state index contributed by atoms with van der Waals surface area (Å²) in [5.41, 5.74) is 2.57. The van der Waals surface area contributed by atoms with Gasteiger partial charge in [-0.05, 0) is 48.4 Å². The zero-order valence-corrected chi connectivity index (χ0v) is 13.9. The number of rotatable bonds is 3. The van der Waals surface area contributed by atoms with E-state index in [2.05, 4.69) is 5.32 Å². The molecule has 2 N–H and O–H groups in total. The Hall–Kier alpha value is -2.63. The topological polar surface area (TPSA) is 86.7 Å². The van der Waals surface area contributed by atoms with Crippen molar-refractivity contribution >= 4 is 29.2 Å². The Kier molecular flexibility index (Phi) is 3.63. The zero-order valence-electron chi connectivity index (χ0n) is 13.9. The van der Waals surface area contributed by atoms with E-state index < -0.39 is 17.8 Å². The van der Waals surface area contributed by atoms with E-state index in [0.29, 0.717) is 12.2 Å². The summed E-state index contributed by atoms with van der Waals surface area (Å²) in [6.07, 6.45) is 5.40. The molecule has 6 heteroatoms. The summed E-state index contributed by atoms with van der Waals surface area (Å²) in [4.78, 5) is 37.6. The summed E-state index contributed by atoms with van der Waals surface area (Å²) in [6, 6.07) is 5.50. The van der Waals surface area contributed by atoms with Gasteiger partial charge >= 0.3 is 5.97 Å². The average Bonchev–Trinajstić information content (AvgIpc) is 3.27. The predicted octanol–water partition coefficient (Wildman–Crippen LogP) is 2.06. The van der Waals surface area contributed by atoms with Crippen molar-refractivity contribution in [3.63, 3.8) is 0 Å². The lowest BCUT2D eigenvalue weighted by atomic mass is 9.82. The molecule has 0 unspecified atom stereocenters. The number of anilines is 2. The molecule has 130 valence electrons. The van der Waals surface area contributed by atoms with Crippen LogP contribution in [0.5, 0.6) is 0 Å². The molecule has 0 spiro atoms. The van der Waals surface area contributed by atoms with Gasteiger partial charge in [0.2, 0.25) is 11.8 Å². The van der Waals surface area contributed by atoms with E-state index >= 15 is 0 Å². The largest absolute Gasteiger partial charge is 0.481 e. The molecular formula is C19H20N2O4. The molecule has 1 aromatic rings. The molecule has 3 aliphatic rings. The summed E-state index contributed by atoms with van der Waals surface area (Å²) in [7, 11) is 0. The number of fused-ring (bicyclic) bond motifs is 3. The van der Waals surface area contributed by atoms with Crippen LogP contribution in [0.1, 0.15) is 18.9 Å². The van der Waals surface area contributed by atoms with Gasteiger partial charge in [-0.15, -0.1) is 0 Å². The molecule has 1 saturated carbocycles. The SMILES string of the molecule is CC(=O)N1CCc2cc(NC(=O)[C@@H]3[C@H](C(=O)O)[C@H]4C=C[C@H]3C4)ccc21. The van der Waals surface area contributed by atoms with Gasteiger partial charge in [0.05, 0.1) is 11.8 Å². The maximum absolute atomic E-state index is 12.7. The van der Waals surface area contributed by atoms with Gasteiger partial charge in [0.15, 0.2) is 0 Å². The van der Waals surface area contributed by atoms with Crippen LogP contribution in [0.15, 0.2) is 30.4 Å². The molecular weight excluding hydrogens is 320 g/mol. The maximum atomic E-state index is 12.7. The first kappa shape index (κ1) is 15.9. The molecule has 1 aromatic carbocycles. The minimum absolute atomic E-state index is 0.00797. The van der Waals surface area contributed by atoms with Crippen molar-refractivity contribution in [1.82, 2.24) is 0 Å². The zero-order chi connectivity index (χ0) is 17.7. The summed E-state index contributed by atoms with van der Waals surface area (Å²) in [6.45, 7) is 2.19. The van der Waals surface area contributed by atoms with Gasteiger partial charge in [0.25, 0.3) is 0 Å². The van der Waals surface area contributed by atoms with Gasteiger partial charge in [-0.1, -0.05) is 12.2 Å². The standard InChI is InChI=1S/C19H20N2O4/c1-10(22)21-7-6-11-9-14(4-5-15(11)21)20-18(23)16-12-2-3-13(8-12)17(16)19(24)25/h2-5,9,12-13,16-17H,6-8H2,1H3,(H,20,23)(H,24,25)/t12-,13-,16-,17+/m0/s1. The second kappa shape index (κ2) is 5.72. The number of allylic oxidation sites excluding steroid dienone is 2. The van der Waals surface area contributed by atoms with Crippen LogP contribution in [0.2, 0.25) is 0 Å². The summed E-state index contributed by atoms with van der Waals surface area (Å²) < 4.78 is 0. The number of aliphatic carboxylic acids is 1. The third-order valence-electron chi connectivity index (χ3n) is 5.67. The van der Waals surface area contributed by atoms with Gasteiger partial charge in [0.1, 0.15) is 0 Å². The lowest BCUT2D eigenvalue weighted by molar-refractivity contribution is -0.146. The lowest BCUT2D eigenvalue weighted by Gasteiger charge is -2.24. The molecule has 0 saturated heterocycles. The highest BCUT2D eigenvalue weighted by Gasteiger charge is 2.51. The lowest BCUT2D eigenvalue weighted by Crippen LogP contribution is -2.36. The van der Waals surface area contributed by atoms with Crippen LogP contribution >= 0.6 is 0 Å². The molecule has 2 amide bonds. The Labute approximate surface area is 145 Å². The average molecular weight is 340 g/mol. The number of nitrogens with zero attached hydrogens (tertiary/aromatic N) is 1. The van der Waals surface area contributed by atoms with Gasteiger partial charge < -0.3 is 15.3 Å². The molecule has 1 aliphatic heterocycles. The Morgan fingerprint density at radius 3 is 2.56 bits per heavy atom. The molecule has 1 fully saturated rings. The molecule has 2 aliphatic carbocycles. The molecule has 0 aromatic heterocycles. The normalized spacial score (nSPS) is 28.9. The minimum Gasteiger partial charge on any atom is -0.481 e. The van der Waals surface area contributed by atoms with Crippen LogP contribution in [0, 0.1) is 23.7 Å². The first-order valence-electron chi connectivity index (χ1n) is 8.58. The fourth-order valence-corrected chi connectivity index (χ4v) is 4.55. The quantitative estimate of drug-likeness (QED) is 0.825. The van der Waals surface area contributed by atoms with Crippen LogP contribution in [-0.4, -0.2) is 29.4 Å². The molecule has 4 rings (SSSR count). The molecule has 4 atom stereocenters. The fourth-order valence-electron chi connectivity index (χ4n) is 4.55. The fraction of sp³-hybridized carbons (Fsp3) is 0.421. The van der Waals surface area contributed by atoms with Gasteiger partial charge in [-0.2, -0.15) is 0 Å². The second-order valence-corrected chi connectivity index (χ2v) is 7.09. The maximum Gasteiger partial charge on any atom is 0.307 e. The summed E-state index contributed by atoms with van der Waals surface area (Å²) in [5, 5.41) is 12.4. The van der Waals surface area contributed by atoms with E-state index in [1.807, 2.05) is 24.3 Å². The van der Waals surface area contributed by atoms with Gasteiger partial charge in [0, 0.05) is 24.8 Å². The van der Waals surface area contributed by atoms with Crippen molar-refractivity contribution in [2.24, 2.45) is 23.7 Å². The van der Waals surface area contributed by atoms with Crippen molar-refractivity contribution < 1.29 is 19.5 Å². The molecule has 25 heavy (non-hydrogen) atoms. The highest BCUT2D eigenvalue weighted by Crippen LogP contribution is 2.48. The molecule has 2 bridgehead atoms. The van der Waals surface area contributed by atoms with Gasteiger partial charge in [-0.3, -0.25) is 14.4 Å². The van der Waals surface area contributed by atoms with Crippen LogP contribution < -0.4 is 10.2 Å². The van der Waals surface area contributed by atoms with Crippen molar-refractivity contribution in [3.05, 3.63) is 35.9 Å². The minimum atomic E-state index is -0.900. The highest BCUT2D eigenvalue weighted by atomic mass is 16.4. The first-order chi connectivity index (χ1) is 12.0. The van der Waals surface area contributed by atoms with E-state index in [9.17, 15) is 19.5 Å².